The first-order valence-electron chi connectivity index (χ1n) is 7.07. The van der Waals surface area contributed by atoms with E-state index in [1.165, 1.54) is 6.42 Å². The Morgan fingerprint density at radius 2 is 2.21 bits per heavy atom. The van der Waals surface area contributed by atoms with Gasteiger partial charge in [0.1, 0.15) is 11.8 Å². The molecule has 1 saturated heterocycles. The zero-order chi connectivity index (χ0) is 13.3. The quantitative estimate of drug-likeness (QED) is 0.665. The van der Waals surface area contributed by atoms with Gasteiger partial charge >= 0.3 is 0 Å². The molecule has 1 aromatic heterocycles. The van der Waals surface area contributed by atoms with Crippen molar-refractivity contribution >= 4 is 0 Å². The van der Waals surface area contributed by atoms with Gasteiger partial charge in [-0.2, -0.15) is 0 Å². The van der Waals surface area contributed by atoms with E-state index in [2.05, 4.69) is 34.0 Å². The van der Waals surface area contributed by atoms with E-state index >= 15 is 0 Å². The second-order valence-electron chi connectivity index (χ2n) is 4.72. The van der Waals surface area contributed by atoms with E-state index in [1.807, 2.05) is 0 Å². The lowest BCUT2D eigenvalue weighted by Crippen LogP contribution is -2.34. The molecule has 1 aliphatic rings. The van der Waals surface area contributed by atoms with Gasteiger partial charge in [0, 0.05) is 6.42 Å². The van der Waals surface area contributed by atoms with Crippen LogP contribution in [0.3, 0.4) is 0 Å². The molecule has 1 aliphatic heterocycles. The summed E-state index contributed by atoms with van der Waals surface area (Å²) in [5, 5.41) is 3.31. The molecule has 0 saturated carbocycles. The standard InChI is InChI=1S/C15H21N3O/c1-2-3-4-5-6-13-11-17-12-15(18-13)19-14-7-9-16-10-8-14/h11-12,14,16H,2-4,7-10H2,1H3. The normalized spacial score (nSPS) is 15.6. The Balaban J connectivity index is 1.91. The summed E-state index contributed by atoms with van der Waals surface area (Å²) >= 11 is 0. The monoisotopic (exact) mass is 259 g/mol. The number of nitrogens with zero attached hydrogens (tertiary/aromatic N) is 2. The molecule has 1 fully saturated rings. The van der Waals surface area contributed by atoms with Crippen molar-refractivity contribution in [1.29, 1.82) is 0 Å². The van der Waals surface area contributed by atoms with Crippen LogP contribution in [0.1, 0.15) is 44.7 Å². The molecule has 19 heavy (non-hydrogen) atoms. The number of piperidine rings is 1. The van der Waals surface area contributed by atoms with Crippen molar-refractivity contribution in [3.8, 4) is 17.7 Å². The summed E-state index contributed by atoms with van der Waals surface area (Å²) in [4.78, 5) is 8.53. The van der Waals surface area contributed by atoms with Crippen LogP contribution in [-0.2, 0) is 0 Å². The highest BCUT2D eigenvalue weighted by Crippen LogP contribution is 2.13. The molecule has 102 valence electrons. The molecular formula is C15H21N3O. The SMILES string of the molecule is CCCCC#Cc1cncc(OC2CCNCC2)n1. The molecule has 2 rings (SSSR count). The minimum absolute atomic E-state index is 0.249. The van der Waals surface area contributed by atoms with Gasteiger partial charge in [-0.05, 0) is 38.3 Å². The zero-order valence-electron chi connectivity index (χ0n) is 11.5. The lowest BCUT2D eigenvalue weighted by Gasteiger charge is -2.22. The van der Waals surface area contributed by atoms with Crippen molar-refractivity contribution < 1.29 is 4.74 Å². The second kappa shape index (κ2) is 7.75. The van der Waals surface area contributed by atoms with Gasteiger partial charge in [0.25, 0.3) is 0 Å². The Bertz CT molecular complexity index is 444. The predicted molar refractivity (Wildman–Crippen MR) is 75.0 cm³/mol. The lowest BCUT2D eigenvalue weighted by molar-refractivity contribution is 0.155. The summed E-state index contributed by atoms with van der Waals surface area (Å²) in [6.07, 6.45) is 8.86. The van der Waals surface area contributed by atoms with Crippen molar-refractivity contribution in [2.75, 3.05) is 13.1 Å². The summed E-state index contributed by atoms with van der Waals surface area (Å²) in [6, 6.07) is 0. The number of hydrogen-bond acceptors (Lipinski definition) is 4. The van der Waals surface area contributed by atoms with Crippen LogP contribution in [0.25, 0.3) is 0 Å². The lowest BCUT2D eigenvalue weighted by atomic mass is 10.1. The van der Waals surface area contributed by atoms with Crippen molar-refractivity contribution in [3.63, 3.8) is 0 Å². The molecule has 0 radical (unpaired) electrons. The first-order chi connectivity index (χ1) is 9.38. The molecule has 2 heterocycles. The second-order valence-corrected chi connectivity index (χ2v) is 4.72. The van der Waals surface area contributed by atoms with Crippen LogP contribution in [0.15, 0.2) is 12.4 Å². The summed E-state index contributed by atoms with van der Waals surface area (Å²) in [7, 11) is 0. The Labute approximate surface area is 115 Å². The van der Waals surface area contributed by atoms with E-state index in [0.717, 1.165) is 38.8 Å². The molecule has 1 aromatic rings. The van der Waals surface area contributed by atoms with Crippen LogP contribution in [0.2, 0.25) is 0 Å². The topological polar surface area (TPSA) is 47.0 Å². The van der Waals surface area contributed by atoms with Crippen LogP contribution >= 0.6 is 0 Å². The Kier molecular flexibility index (Phi) is 5.64. The third-order valence-corrected chi connectivity index (χ3v) is 3.06. The highest BCUT2D eigenvalue weighted by atomic mass is 16.5. The van der Waals surface area contributed by atoms with E-state index < -0.39 is 0 Å². The molecule has 1 N–H and O–H groups in total. The van der Waals surface area contributed by atoms with Gasteiger partial charge in [0.15, 0.2) is 0 Å². The van der Waals surface area contributed by atoms with Crippen molar-refractivity contribution in [3.05, 3.63) is 18.1 Å². The van der Waals surface area contributed by atoms with Crippen molar-refractivity contribution in [2.24, 2.45) is 0 Å². The fourth-order valence-corrected chi connectivity index (χ4v) is 1.97. The molecule has 4 nitrogen and oxygen atoms in total. The number of nitrogens with one attached hydrogen (secondary N) is 1. The summed E-state index contributed by atoms with van der Waals surface area (Å²) in [5.41, 5.74) is 0.697. The Morgan fingerprint density at radius 3 is 3.00 bits per heavy atom. The van der Waals surface area contributed by atoms with Gasteiger partial charge in [0.2, 0.25) is 5.88 Å². The van der Waals surface area contributed by atoms with Crippen molar-refractivity contribution in [1.82, 2.24) is 15.3 Å². The predicted octanol–water partition coefficient (Wildman–Crippen LogP) is 2.15. The third-order valence-electron chi connectivity index (χ3n) is 3.06. The molecular weight excluding hydrogens is 238 g/mol. The molecule has 0 amide bonds. The molecule has 4 heteroatoms. The fourth-order valence-electron chi connectivity index (χ4n) is 1.97. The van der Waals surface area contributed by atoms with Gasteiger partial charge in [0.05, 0.1) is 12.4 Å². The zero-order valence-corrected chi connectivity index (χ0v) is 11.5. The Hall–Kier alpha value is -1.60. The van der Waals surface area contributed by atoms with Gasteiger partial charge in [-0.1, -0.05) is 19.3 Å². The minimum Gasteiger partial charge on any atom is -0.473 e. The van der Waals surface area contributed by atoms with Crippen LogP contribution in [0, 0.1) is 11.8 Å². The first kappa shape index (κ1) is 13.8. The van der Waals surface area contributed by atoms with Crippen molar-refractivity contribution in [2.45, 2.75) is 45.1 Å². The largest absolute Gasteiger partial charge is 0.473 e. The average Bonchev–Trinajstić information content (AvgIpc) is 2.45. The van der Waals surface area contributed by atoms with Gasteiger partial charge in [-0.25, -0.2) is 4.98 Å². The molecule has 0 unspecified atom stereocenters. The minimum atomic E-state index is 0.249. The van der Waals surface area contributed by atoms with Gasteiger partial charge in [-0.15, -0.1) is 0 Å². The van der Waals surface area contributed by atoms with E-state index in [0.29, 0.717) is 11.6 Å². The molecule has 0 atom stereocenters. The van der Waals surface area contributed by atoms with E-state index in [-0.39, 0.29) is 6.10 Å². The number of hydrogen-bond donors (Lipinski definition) is 1. The van der Waals surface area contributed by atoms with Crippen LogP contribution < -0.4 is 10.1 Å². The van der Waals surface area contributed by atoms with E-state index in [1.54, 1.807) is 12.4 Å². The summed E-state index contributed by atoms with van der Waals surface area (Å²) in [6.45, 7) is 4.18. The van der Waals surface area contributed by atoms with Crippen LogP contribution in [-0.4, -0.2) is 29.2 Å². The molecule has 0 aliphatic carbocycles. The first-order valence-corrected chi connectivity index (χ1v) is 7.07. The third kappa shape index (κ3) is 4.88. The highest BCUT2D eigenvalue weighted by molar-refractivity contribution is 5.26. The number of unbranched alkanes of at least 4 members (excludes halogenated alkanes) is 2. The van der Waals surface area contributed by atoms with Gasteiger partial charge in [-0.3, -0.25) is 4.98 Å². The average molecular weight is 259 g/mol. The maximum atomic E-state index is 5.84. The highest BCUT2D eigenvalue weighted by Gasteiger charge is 2.15. The molecule has 0 bridgehead atoms. The Morgan fingerprint density at radius 1 is 1.37 bits per heavy atom. The van der Waals surface area contributed by atoms with Crippen LogP contribution in [0.5, 0.6) is 5.88 Å². The number of ether oxygens (including phenoxy) is 1. The van der Waals surface area contributed by atoms with E-state index in [4.69, 9.17) is 4.74 Å². The molecule has 0 spiro atoms. The maximum Gasteiger partial charge on any atom is 0.233 e. The number of aromatic nitrogens is 2. The van der Waals surface area contributed by atoms with Gasteiger partial charge < -0.3 is 10.1 Å². The summed E-state index contributed by atoms with van der Waals surface area (Å²) in [5.74, 6) is 6.75. The fraction of sp³-hybridized carbons (Fsp3) is 0.600. The summed E-state index contributed by atoms with van der Waals surface area (Å²) < 4.78 is 5.84. The smallest absolute Gasteiger partial charge is 0.233 e. The van der Waals surface area contributed by atoms with E-state index in [9.17, 15) is 0 Å². The van der Waals surface area contributed by atoms with Crippen LogP contribution in [0.4, 0.5) is 0 Å². The molecule has 0 aromatic carbocycles. The number of rotatable bonds is 4. The maximum absolute atomic E-state index is 5.84.